The van der Waals surface area contributed by atoms with Gasteiger partial charge in [-0.1, -0.05) is 38.2 Å². The zero-order valence-corrected chi connectivity index (χ0v) is 21.4. The lowest BCUT2D eigenvalue weighted by molar-refractivity contribution is -0.123. The van der Waals surface area contributed by atoms with Gasteiger partial charge in [0.05, 0.1) is 18.7 Å². The molecule has 2 amide bonds. The van der Waals surface area contributed by atoms with Gasteiger partial charge in [0, 0.05) is 20.3 Å². The Balaban J connectivity index is 1.38. The number of nitrogens with one attached hydrogen (secondary N) is 2. The standard InChI is InChI=1S/C27H34N7O3/c1-33(2)24(36)14-8-4-7-13-23(35)30-20-12-9-15-34(27(20)37)17-22-31-25-21(28-18-29-26(25)32-22)16-19-10-5-3-6-11-19/h8-9,12-15,18-19H,3-7,10-11,16-17H2,1-2H3,(H,30,35)(H,28,29,31,32)/b14-8+. The fraction of sp³-hybridized carbons (Fsp3) is 0.444. The molecule has 1 aliphatic rings. The molecule has 0 aliphatic heterocycles. The van der Waals surface area contributed by atoms with Crippen LogP contribution in [0.1, 0.15) is 56.5 Å². The molecule has 37 heavy (non-hydrogen) atoms. The van der Waals surface area contributed by atoms with Crippen LogP contribution in [0, 0.1) is 12.3 Å². The summed E-state index contributed by atoms with van der Waals surface area (Å²) in [4.78, 5) is 55.1. The molecule has 0 atom stereocenters. The van der Waals surface area contributed by atoms with E-state index in [9.17, 15) is 14.4 Å². The number of carbonyl (C=O) groups excluding carboxylic acids is 2. The van der Waals surface area contributed by atoms with E-state index in [1.165, 1.54) is 54.1 Å². The lowest BCUT2D eigenvalue weighted by Gasteiger charge is -2.20. The summed E-state index contributed by atoms with van der Waals surface area (Å²) < 4.78 is 1.50. The highest BCUT2D eigenvalue weighted by Gasteiger charge is 2.18. The van der Waals surface area contributed by atoms with Gasteiger partial charge in [-0.3, -0.25) is 14.4 Å². The van der Waals surface area contributed by atoms with E-state index in [0.29, 0.717) is 30.2 Å². The van der Waals surface area contributed by atoms with Gasteiger partial charge in [0.15, 0.2) is 5.65 Å². The molecule has 1 saturated carbocycles. The number of aromatic nitrogens is 5. The molecule has 0 bridgehead atoms. The lowest BCUT2D eigenvalue weighted by atomic mass is 9.86. The zero-order chi connectivity index (χ0) is 26.2. The third-order valence-corrected chi connectivity index (χ3v) is 6.58. The van der Waals surface area contributed by atoms with Crippen molar-refractivity contribution in [2.24, 2.45) is 5.92 Å². The van der Waals surface area contributed by atoms with Crippen molar-refractivity contribution >= 4 is 28.7 Å². The number of aromatic amines is 1. The van der Waals surface area contributed by atoms with E-state index < -0.39 is 0 Å². The second-order valence-corrected chi connectivity index (χ2v) is 9.67. The van der Waals surface area contributed by atoms with Crippen LogP contribution in [0.2, 0.25) is 0 Å². The first kappa shape index (κ1) is 26.2. The van der Waals surface area contributed by atoms with Gasteiger partial charge in [0.1, 0.15) is 23.4 Å². The summed E-state index contributed by atoms with van der Waals surface area (Å²) in [5, 5.41) is 2.66. The quantitative estimate of drug-likeness (QED) is 0.322. The highest BCUT2D eigenvalue weighted by atomic mass is 16.2. The Labute approximate surface area is 216 Å². The number of hydrogen-bond donors (Lipinski definition) is 2. The molecule has 0 spiro atoms. The topological polar surface area (TPSA) is 126 Å². The van der Waals surface area contributed by atoms with Crippen LogP contribution in [0.25, 0.3) is 11.2 Å². The van der Waals surface area contributed by atoms with Crippen LogP contribution in [0.5, 0.6) is 0 Å². The summed E-state index contributed by atoms with van der Waals surface area (Å²) >= 11 is 0. The summed E-state index contributed by atoms with van der Waals surface area (Å²) in [7, 11) is 3.35. The van der Waals surface area contributed by atoms with Gasteiger partial charge in [0.2, 0.25) is 11.8 Å². The minimum atomic E-state index is -0.367. The molecule has 1 radical (unpaired) electrons. The SMILES string of the molecule is CN(C)C(=O)/C=C/CC[CH]C(=O)Nc1cccn(Cc2nc3c(CC4CCCCC4)ncnc3[nH]2)c1=O. The minimum absolute atomic E-state index is 0.105. The normalized spacial score (nSPS) is 14.3. The lowest BCUT2D eigenvalue weighted by Crippen LogP contribution is -2.26. The van der Waals surface area contributed by atoms with Crippen molar-refractivity contribution in [2.75, 3.05) is 19.4 Å². The van der Waals surface area contributed by atoms with Crippen molar-refractivity contribution in [3.63, 3.8) is 0 Å². The van der Waals surface area contributed by atoms with Crippen LogP contribution in [0.15, 0.2) is 41.6 Å². The number of unbranched alkanes of at least 4 members (excludes halogenated alkanes) is 1. The third-order valence-electron chi connectivity index (χ3n) is 6.58. The zero-order valence-electron chi connectivity index (χ0n) is 21.4. The Kier molecular flexibility index (Phi) is 8.81. The molecule has 3 heterocycles. The monoisotopic (exact) mass is 504 g/mol. The molecular formula is C27H34N7O3. The Morgan fingerprint density at radius 2 is 2.00 bits per heavy atom. The second-order valence-electron chi connectivity index (χ2n) is 9.67. The summed E-state index contributed by atoms with van der Waals surface area (Å²) in [5.41, 5.74) is 2.25. The number of likely N-dealkylation sites (N-methyl/N-ethyl adjacent to an activating group) is 1. The summed E-state index contributed by atoms with van der Waals surface area (Å²) in [5.74, 6) is 0.764. The largest absolute Gasteiger partial charge is 0.345 e. The average molecular weight is 505 g/mol. The van der Waals surface area contributed by atoms with Crippen molar-refractivity contribution in [3.8, 4) is 0 Å². The number of carbonyl (C=O) groups is 2. The molecular weight excluding hydrogens is 470 g/mol. The first-order chi connectivity index (χ1) is 17.9. The van der Waals surface area contributed by atoms with Crippen LogP contribution < -0.4 is 10.9 Å². The van der Waals surface area contributed by atoms with Crippen molar-refractivity contribution in [2.45, 2.75) is 57.9 Å². The number of allylic oxidation sites excluding steroid dienone is 1. The number of imidazole rings is 1. The number of fused-ring (bicyclic) bond motifs is 1. The van der Waals surface area contributed by atoms with E-state index in [-0.39, 0.29) is 29.6 Å². The van der Waals surface area contributed by atoms with Crippen molar-refractivity contribution in [3.05, 3.63) is 65.1 Å². The first-order valence-corrected chi connectivity index (χ1v) is 12.8. The summed E-state index contributed by atoms with van der Waals surface area (Å²) in [6, 6.07) is 3.29. The van der Waals surface area contributed by atoms with E-state index in [2.05, 4.69) is 20.3 Å². The van der Waals surface area contributed by atoms with Crippen molar-refractivity contribution in [1.29, 1.82) is 0 Å². The average Bonchev–Trinajstić information content (AvgIpc) is 3.30. The van der Waals surface area contributed by atoms with Gasteiger partial charge >= 0.3 is 0 Å². The van der Waals surface area contributed by atoms with Gasteiger partial charge < -0.3 is 19.8 Å². The molecule has 195 valence electrons. The Morgan fingerprint density at radius 1 is 1.19 bits per heavy atom. The predicted octanol–water partition coefficient (Wildman–Crippen LogP) is 3.25. The van der Waals surface area contributed by atoms with Crippen LogP contribution in [-0.2, 0) is 22.6 Å². The number of anilines is 1. The molecule has 0 aromatic carbocycles. The Morgan fingerprint density at radius 3 is 2.78 bits per heavy atom. The number of H-pyrrole nitrogens is 1. The molecule has 2 N–H and O–H groups in total. The first-order valence-electron chi connectivity index (χ1n) is 12.8. The molecule has 4 rings (SSSR count). The molecule has 0 saturated heterocycles. The van der Waals surface area contributed by atoms with Crippen LogP contribution >= 0.6 is 0 Å². The number of rotatable bonds is 10. The van der Waals surface area contributed by atoms with E-state index in [0.717, 1.165) is 17.6 Å². The summed E-state index contributed by atoms with van der Waals surface area (Å²) in [6.45, 7) is 0.218. The molecule has 3 aromatic rings. The van der Waals surface area contributed by atoms with E-state index in [4.69, 9.17) is 4.98 Å². The van der Waals surface area contributed by atoms with Gasteiger partial charge in [-0.2, -0.15) is 0 Å². The molecule has 1 aliphatic carbocycles. The van der Waals surface area contributed by atoms with Gasteiger partial charge in [0.25, 0.3) is 5.56 Å². The Bertz CT molecular complexity index is 1320. The molecule has 3 aromatic heterocycles. The molecule has 0 unspecified atom stereocenters. The minimum Gasteiger partial charge on any atom is -0.345 e. The highest BCUT2D eigenvalue weighted by molar-refractivity contribution is 5.96. The van der Waals surface area contributed by atoms with Crippen molar-refractivity contribution < 1.29 is 9.59 Å². The number of nitrogens with zero attached hydrogens (tertiary/aromatic N) is 5. The van der Waals surface area contributed by atoms with Gasteiger partial charge in [-0.15, -0.1) is 0 Å². The van der Waals surface area contributed by atoms with E-state index in [1.54, 1.807) is 44.8 Å². The van der Waals surface area contributed by atoms with E-state index in [1.807, 2.05) is 0 Å². The smallest absolute Gasteiger partial charge is 0.274 e. The van der Waals surface area contributed by atoms with Crippen LogP contribution in [-0.4, -0.2) is 55.3 Å². The fourth-order valence-electron chi connectivity index (χ4n) is 4.56. The van der Waals surface area contributed by atoms with Gasteiger partial charge in [-0.05, 0) is 43.4 Å². The second kappa shape index (κ2) is 12.4. The van der Waals surface area contributed by atoms with Crippen LogP contribution in [0.3, 0.4) is 0 Å². The fourth-order valence-corrected chi connectivity index (χ4v) is 4.56. The van der Waals surface area contributed by atoms with Gasteiger partial charge in [-0.25, -0.2) is 15.0 Å². The maximum absolute atomic E-state index is 13.0. The van der Waals surface area contributed by atoms with Crippen molar-refractivity contribution in [1.82, 2.24) is 29.4 Å². The number of hydrogen-bond acceptors (Lipinski definition) is 6. The Hall–Kier alpha value is -3.82. The predicted molar refractivity (Wildman–Crippen MR) is 142 cm³/mol. The van der Waals surface area contributed by atoms with E-state index >= 15 is 0 Å². The number of pyridine rings is 1. The third kappa shape index (κ3) is 7.12. The molecule has 10 heteroatoms. The maximum atomic E-state index is 13.0. The molecule has 1 fully saturated rings. The van der Waals surface area contributed by atoms with Crippen LogP contribution in [0.4, 0.5) is 5.69 Å². The molecule has 10 nitrogen and oxygen atoms in total. The summed E-state index contributed by atoms with van der Waals surface area (Å²) in [6.07, 6.45) is 16.1. The maximum Gasteiger partial charge on any atom is 0.274 e. The highest BCUT2D eigenvalue weighted by Crippen LogP contribution is 2.27. The number of amides is 2.